The summed E-state index contributed by atoms with van der Waals surface area (Å²) in [6.45, 7) is 0. The summed E-state index contributed by atoms with van der Waals surface area (Å²) in [6, 6.07) is 3.60. The van der Waals surface area contributed by atoms with E-state index in [0.717, 1.165) is 25.7 Å². The number of nitrogens with zero attached hydrogens (tertiary/aromatic N) is 1. The van der Waals surface area contributed by atoms with Crippen LogP contribution in [0.4, 0.5) is 0 Å². The van der Waals surface area contributed by atoms with Gasteiger partial charge in [0.1, 0.15) is 5.69 Å². The van der Waals surface area contributed by atoms with Crippen LogP contribution >= 0.6 is 27.5 Å². The van der Waals surface area contributed by atoms with Crippen molar-refractivity contribution in [2.24, 2.45) is 0 Å². The zero-order valence-corrected chi connectivity index (χ0v) is 11.7. The second-order valence-corrected chi connectivity index (χ2v) is 6.02. The summed E-state index contributed by atoms with van der Waals surface area (Å²) in [6.07, 6.45) is 5.76. The highest BCUT2D eigenvalue weighted by Gasteiger charge is 2.21. The van der Waals surface area contributed by atoms with Crippen LogP contribution in [0.15, 0.2) is 18.3 Å². The second-order valence-electron chi connectivity index (χ2n) is 4.28. The zero-order valence-electron chi connectivity index (χ0n) is 9.33. The average molecular weight is 318 g/mol. The molecule has 5 heteroatoms. The standard InChI is InChI=1S/C12H14BrClN2O/c13-8-1-4-10(5-2-8)16-12(17)11-6-3-9(14)7-15-11/h3,6-8,10H,1-2,4-5H2,(H,16,17). The van der Waals surface area contributed by atoms with Crippen LogP contribution < -0.4 is 5.32 Å². The topological polar surface area (TPSA) is 42.0 Å². The van der Waals surface area contributed by atoms with Crippen molar-refractivity contribution < 1.29 is 4.79 Å². The largest absolute Gasteiger partial charge is 0.348 e. The van der Waals surface area contributed by atoms with Gasteiger partial charge in [0, 0.05) is 17.1 Å². The van der Waals surface area contributed by atoms with Crippen LogP contribution in [-0.4, -0.2) is 21.8 Å². The van der Waals surface area contributed by atoms with Gasteiger partial charge >= 0.3 is 0 Å². The minimum Gasteiger partial charge on any atom is -0.348 e. The van der Waals surface area contributed by atoms with Gasteiger partial charge in [-0.3, -0.25) is 4.79 Å². The third kappa shape index (κ3) is 3.68. The molecular weight excluding hydrogens is 304 g/mol. The number of aromatic nitrogens is 1. The Morgan fingerprint density at radius 1 is 1.35 bits per heavy atom. The quantitative estimate of drug-likeness (QED) is 0.851. The van der Waals surface area contributed by atoms with Gasteiger partial charge in [0.25, 0.3) is 5.91 Å². The Morgan fingerprint density at radius 3 is 2.65 bits per heavy atom. The number of rotatable bonds is 2. The smallest absolute Gasteiger partial charge is 0.270 e. The van der Waals surface area contributed by atoms with Crippen LogP contribution in [-0.2, 0) is 0 Å². The summed E-state index contributed by atoms with van der Waals surface area (Å²) in [5.74, 6) is -0.111. The fourth-order valence-corrected chi connectivity index (χ4v) is 2.61. The predicted molar refractivity (Wildman–Crippen MR) is 71.7 cm³/mol. The number of carbonyl (C=O) groups excluding carboxylic acids is 1. The van der Waals surface area contributed by atoms with E-state index in [0.29, 0.717) is 15.5 Å². The van der Waals surface area contributed by atoms with Gasteiger partial charge in [-0.25, -0.2) is 4.98 Å². The lowest BCUT2D eigenvalue weighted by atomic mass is 9.95. The average Bonchev–Trinajstić information content (AvgIpc) is 2.33. The first-order chi connectivity index (χ1) is 8.15. The number of pyridine rings is 1. The molecule has 1 aliphatic carbocycles. The van der Waals surface area contributed by atoms with Crippen molar-refractivity contribution in [3.8, 4) is 0 Å². The molecule has 0 saturated heterocycles. The minimum atomic E-state index is -0.111. The van der Waals surface area contributed by atoms with Crippen molar-refractivity contribution >= 4 is 33.4 Å². The van der Waals surface area contributed by atoms with E-state index in [1.807, 2.05) is 0 Å². The molecule has 0 aliphatic heterocycles. The molecule has 1 amide bonds. The van der Waals surface area contributed by atoms with Gasteiger partial charge in [0.2, 0.25) is 0 Å². The van der Waals surface area contributed by atoms with E-state index in [2.05, 4.69) is 26.2 Å². The number of nitrogens with one attached hydrogen (secondary N) is 1. The molecule has 1 aromatic heterocycles. The molecule has 3 nitrogen and oxygen atoms in total. The van der Waals surface area contributed by atoms with Gasteiger partial charge in [-0.05, 0) is 37.8 Å². The molecule has 1 heterocycles. The Kier molecular flexibility index (Phi) is 4.40. The number of halogens is 2. The Morgan fingerprint density at radius 2 is 2.06 bits per heavy atom. The Labute approximate surface area is 114 Å². The van der Waals surface area contributed by atoms with Crippen molar-refractivity contribution in [2.75, 3.05) is 0 Å². The molecule has 0 atom stereocenters. The van der Waals surface area contributed by atoms with Gasteiger partial charge in [-0.15, -0.1) is 0 Å². The number of alkyl halides is 1. The maximum atomic E-state index is 11.9. The van der Waals surface area contributed by atoms with Crippen molar-refractivity contribution in [2.45, 2.75) is 36.6 Å². The fourth-order valence-electron chi connectivity index (χ4n) is 1.97. The summed E-state index contributed by atoms with van der Waals surface area (Å²) >= 11 is 9.32. The first-order valence-electron chi connectivity index (χ1n) is 5.71. The molecule has 1 aromatic rings. The van der Waals surface area contributed by atoms with Crippen LogP contribution in [0.5, 0.6) is 0 Å². The summed E-state index contributed by atoms with van der Waals surface area (Å²) in [5.41, 5.74) is 0.426. The van der Waals surface area contributed by atoms with E-state index in [-0.39, 0.29) is 11.9 Å². The van der Waals surface area contributed by atoms with Crippen LogP contribution in [0, 0.1) is 0 Å². The monoisotopic (exact) mass is 316 g/mol. The molecule has 2 rings (SSSR count). The number of hydrogen-bond acceptors (Lipinski definition) is 2. The maximum absolute atomic E-state index is 11.9. The number of carbonyl (C=O) groups is 1. The molecule has 0 radical (unpaired) electrons. The van der Waals surface area contributed by atoms with Gasteiger partial charge in [-0.2, -0.15) is 0 Å². The maximum Gasteiger partial charge on any atom is 0.270 e. The lowest BCUT2D eigenvalue weighted by Crippen LogP contribution is -2.38. The highest BCUT2D eigenvalue weighted by molar-refractivity contribution is 9.09. The van der Waals surface area contributed by atoms with Gasteiger partial charge < -0.3 is 5.32 Å². The molecular formula is C12H14BrClN2O. The highest BCUT2D eigenvalue weighted by Crippen LogP contribution is 2.24. The van der Waals surface area contributed by atoms with Crippen LogP contribution in [0.3, 0.4) is 0 Å². The van der Waals surface area contributed by atoms with Crippen LogP contribution in [0.2, 0.25) is 5.02 Å². The summed E-state index contributed by atoms with van der Waals surface area (Å²) in [7, 11) is 0. The summed E-state index contributed by atoms with van der Waals surface area (Å²) < 4.78 is 0. The second kappa shape index (κ2) is 5.83. The Hall–Kier alpha value is -0.610. The van der Waals surface area contributed by atoms with Gasteiger partial charge in [0.15, 0.2) is 0 Å². The molecule has 1 aliphatic rings. The van der Waals surface area contributed by atoms with E-state index in [1.165, 1.54) is 6.20 Å². The number of hydrogen-bond donors (Lipinski definition) is 1. The lowest BCUT2D eigenvalue weighted by molar-refractivity contribution is 0.0923. The fraction of sp³-hybridized carbons (Fsp3) is 0.500. The third-order valence-corrected chi connectivity index (χ3v) is 4.09. The van der Waals surface area contributed by atoms with Crippen LogP contribution in [0.25, 0.3) is 0 Å². The van der Waals surface area contributed by atoms with Crippen molar-refractivity contribution in [1.29, 1.82) is 0 Å². The normalized spacial score (nSPS) is 24.4. The van der Waals surface area contributed by atoms with E-state index in [4.69, 9.17) is 11.6 Å². The molecule has 1 N–H and O–H groups in total. The summed E-state index contributed by atoms with van der Waals surface area (Å²) in [4.78, 5) is 16.5. The van der Waals surface area contributed by atoms with E-state index >= 15 is 0 Å². The van der Waals surface area contributed by atoms with Gasteiger partial charge in [-0.1, -0.05) is 27.5 Å². The lowest BCUT2D eigenvalue weighted by Gasteiger charge is -2.25. The predicted octanol–water partition coefficient (Wildman–Crippen LogP) is 3.17. The molecule has 92 valence electrons. The molecule has 0 aromatic carbocycles. The van der Waals surface area contributed by atoms with Crippen LogP contribution in [0.1, 0.15) is 36.2 Å². The highest BCUT2D eigenvalue weighted by atomic mass is 79.9. The first kappa shape index (κ1) is 12.8. The molecule has 17 heavy (non-hydrogen) atoms. The Bertz CT molecular complexity index is 388. The molecule has 0 unspecified atom stereocenters. The van der Waals surface area contributed by atoms with Crippen molar-refractivity contribution in [3.63, 3.8) is 0 Å². The molecule has 1 saturated carbocycles. The number of amides is 1. The van der Waals surface area contributed by atoms with E-state index < -0.39 is 0 Å². The van der Waals surface area contributed by atoms with Crippen molar-refractivity contribution in [3.05, 3.63) is 29.0 Å². The van der Waals surface area contributed by atoms with E-state index in [9.17, 15) is 4.79 Å². The molecule has 0 spiro atoms. The minimum absolute atomic E-state index is 0.111. The summed E-state index contributed by atoms with van der Waals surface area (Å²) in [5, 5.41) is 3.55. The van der Waals surface area contributed by atoms with Gasteiger partial charge in [0.05, 0.1) is 5.02 Å². The van der Waals surface area contributed by atoms with Crippen molar-refractivity contribution in [1.82, 2.24) is 10.3 Å². The SMILES string of the molecule is O=C(NC1CCC(Br)CC1)c1ccc(Cl)cn1. The molecule has 1 fully saturated rings. The first-order valence-corrected chi connectivity index (χ1v) is 7.01. The Balaban J connectivity index is 1.91. The van der Waals surface area contributed by atoms with E-state index in [1.54, 1.807) is 12.1 Å². The molecule has 0 bridgehead atoms. The third-order valence-electron chi connectivity index (χ3n) is 2.95. The zero-order chi connectivity index (χ0) is 12.3.